The number of esters is 1. The molecular formula is C12H19NO4. The van der Waals surface area contributed by atoms with E-state index in [1.165, 1.54) is 6.92 Å². The van der Waals surface area contributed by atoms with E-state index in [1.807, 2.05) is 0 Å². The van der Waals surface area contributed by atoms with Crippen LogP contribution in [0.3, 0.4) is 0 Å². The maximum Gasteiger partial charge on any atom is 0.397 e. The number of ketones is 1. The van der Waals surface area contributed by atoms with Crippen molar-refractivity contribution in [1.29, 1.82) is 0 Å². The first-order chi connectivity index (χ1) is 8.06. The Morgan fingerprint density at radius 2 is 2.06 bits per heavy atom. The van der Waals surface area contributed by atoms with Crippen molar-refractivity contribution in [3.05, 3.63) is 0 Å². The lowest BCUT2D eigenvalue weighted by molar-refractivity contribution is -0.160. The van der Waals surface area contributed by atoms with Gasteiger partial charge in [-0.3, -0.25) is 4.79 Å². The molecule has 1 amide bonds. The van der Waals surface area contributed by atoms with Crippen LogP contribution in [0.15, 0.2) is 0 Å². The minimum Gasteiger partial charge on any atom is -0.459 e. The average molecular weight is 241 g/mol. The molecule has 0 aromatic carbocycles. The lowest BCUT2D eigenvalue weighted by Crippen LogP contribution is -2.41. The van der Waals surface area contributed by atoms with Crippen molar-refractivity contribution in [3.63, 3.8) is 0 Å². The van der Waals surface area contributed by atoms with Crippen LogP contribution in [0.2, 0.25) is 0 Å². The van der Waals surface area contributed by atoms with E-state index in [1.54, 1.807) is 11.8 Å². The summed E-state index contributed by atoms with van der Waals surface area (Å²) in [4.78, 5) is 35.6. The van der Waals surface area contributed by atoms with Crippen LogP contribution in [0, 0.1) is 0 Å². The van der Waals surface area contributed by atoms with Gasteiger partial charge in [0.2, 0.25) is 0 Å². The SMILES string of the molecule is CCOC(=O)C(=O)N1CCCC1CCC(C)=O. The average Bonchev–Trinajstić information content (AvgIpc) is 2.73. The summed E-state index contributed by atoms with van der Waals surface area (Å²) < 4.78 is 4.69. The fourth-order valence-electron chi connectivity index (χ4n) is 2.08. The van der Waals surface area contributed by atoms with Crippen LogP contribution in [0.5, 0.6) is 0 Å². The third-order valence-corrected chi connectivity index (χ3v) is 2.92. The van der Waals surface area contributed by atoms with E-state index < -0.39 is 11.9 Å². The van der Waals surface area contributed by atoms with Crippen molar-refractivity contribution >= 4 is 17.7 Å². The van der Waals surface area contributed by atoms with E-state index in [0.717, 1.165) is 12.8 Å². The Morgan fingerprint density at radius 1 is 1.35 bits per heavy atom. The van der Waals surface area contributed by atoms with Gasteiger partial charge in [0.15, 0.2) is 0 Å². The molecule has 0 saturated carbocycles. The first-order valence-electron chi connectivity index (χ1n) is 6.03. The molecule has 1 aliphatic rings. The Bertz CT molecular complexity index is 314. The molecule has 1 fully saturated rings. The zero-order chi connectivity index (χ0) is 12.8. The molecule has 1 aliphatic heterocycles. The maximum atomic E-state index is 11.8. The quantitative estimate of drug-likeness (QED) is 0.542. The van der Waals surface area contributed by atoms with Gasteiger partial charge in [-0.15, -0.1) is 0 Å². The highest BCUT2D eigenvalue weighted by atomic mass is 16.5. The highest BCUT2D eigenvalue weighted by Gasteiger charge is 2.32. The van der Waals surface area contributed by atoms with E-state index in [9.17, 15) is 14.4 Å². The molecule has 0 N–H and O–H groups in total. The first kappa shape index (κ1) is 13.7. The molecule has 1 atom stereocenters. The Balaban J connectivity index is 2.53. The van der Waals surface area contributed by atoms with E-state index in [2.05, 4.69) is 0 Å². The second-order valence-corrected chi connectivity index (χ2v) is 4.26. The molecule has 1 heterocycles. The van der Waals surface area contributed by atoms with Gasteiger partial charge >= 0.3 is 11.9 Å². The number of carbonyl (C=O) groups excluding carboxylic acids is 3. The van der Waals surface area contributed by atoms with Crippen molar-refractivity contribution in [2.75, 3.05) is 13.2 Å². The molecule has 5 nitrogen and oxygen atoms in total. The number of amides is 1. The zero-order valence-electron chi connectivity index (χ0n) is 10.4. The number of Topliss-reactive ketones (excluding diaryl/α,β-unsaturated/α-hetero) is 1. The van der Waals surface area contributed by atoms with Crippen molar-refractivity contribution in [2.45, 2.75) is 45.6 Å². The standard InChI is InChI=1S/C12H19NO4/c1-3-17-12(16)11(15)13-8-4-5-10(13)7-6-9(2)14/h10H,3-8H2,1-2H3. The summed E-state index contributed by atoms with van der Waals surface area (Å²) in [5.74, 6) is -1.25. The molecule has 0 aliphatic carbocycles. The molecule has 1 unspecified atom stereocenters. The van der Waals surface area contributed by atoms with Gasteiger partial charge in [0.05, 0.1) is 6.61 Å². The van der Waals surface area contributed by atoms with Crippen LogP contribution >= 0.6 is 0 Å². The zero-order valence-corrected chi connectivity index (χ0v) is 10.4. The molecule has 0 radical (unpaired) electrons. The topological polar surface area (TPSA) is 63.7 Å². The summed E-state index contributed by atoms with van der Waals surface area (Å²) in [5.41, 5.74) is 0. The van der Waals surface area contributed by atoms with E-state index in [0.29, 0.717) is 19.4 Å². The van der Waals surface area contributed by atoms with Crippen molar-refractivity contribution in [2.24, 2.45) is 0 Å². The van der Waals surface area contributed by atoms with E-state index >= 15 is 0 Å². The third kappa shape index (κ3) is 3.84. The number of nitrogens with zero attached hydrogens (tertiary/aromatic N) is 1. The molecule has 17 heavy (non-hydrogen) atoms. The fourth-order valence-corrected chi connectivity index (χ4v) is 2.08. The Hall–Kier alpha value is -1.39. The second kappa shape index (κ2) is 6.37. The third-order valence-electron chi connectivity index (χ3n) is 2.92. The molecular weight excluding hydrogens is 222 g/mol. The number of likely N-dealkylation sites (tertiary alicyclic amines) is 1. The molecule has 0 aromatic heterocycles. The predicted octanol–water partition coefficient (Wildman–Crippen LogP) is 0.910. The summed E-state index contributed by atoms with van der Waals surface area (Å²) in [6, 6.07) is 0.0100. The van der Waals surface area contributed by atoms with Crippen molar-refractivity contribution in [3.8, 4) is 0 Å². The van der Waals surface area contributed by atoms with E-state index in [4.69, 9.17) is 4.74 Å². The number of rotatable bonds is 4. The number of hydrogen-bond acceptors (Lipinski definition) is 4. The smallest absolute Gasteiger partial charge is 0.397 e. The van der Waals surface area contributed by atoms with Gasteiger partial charge < -0.3 is 14.4 Å². The summed E-state index contributed by atoms with van der Waals surface area (Å²) in [6.07, 6.45) is 2.84. The summed E-state index contributed by atoms with van der Waals surface area (Å²) in [6.45, 7) is 3.99. The fraction of sp³-hybridized carbons (Fsp3) is 0.750. The van der Waals surface area contributed by atoms with Crippen molar-refractivity contribution in [1.82, 2.24) is 4.90 Å². The first-order valence-corrected chi connectivity index (χ1v) is 6.03. The predicted molar refractivity (Wildman–Crippen MR) is 61.3 cm³/mol. The minimum absolute atomic E-state index is 0.0100. The van der Waals surface area contributed by atoms with Crippen molar-refractivity contribution < 1.29 is 19.1 Å². The molecule has 5 heteroatoms. The van der Waals surface area contributed by atoms with Crippen LogP contribution in [0.1, 0.15) is 39.5 Å². The van der Waals surface area contributed by atoms with Gasteiger partial charge in [-0.25, -0.2) is 4.79 Å². The largest absolute Gasteiger partial charge is 0.459 e. The van der Waals surface area contributed by atoms with Gasteiger partial charge in [-0.05, 0) is 33.1 Å². The van der Waals surface area contributed by atoms with Gasteiger partial charge in [0.1, 0.15) is 5.78 Å². The molecule has 96 valence electrons. The van der Waals surface area contributed by atoms with Crippen LogP contribution in [-0.4, -0.2) is 41.8 Å². The van der Waals surface area contributed by atoms with Gasteiger partial charge in [-0.2, -0.15) is 0 Å². The minimum atomic E-state index is -0.790. The lowest BCUT2D eigenvalue weighted by atomic mass is 10.1. The van der Waals surface area contributed by atoms with Crippen LogP contribution in [-0.2, 0) is 19.1 Å². The monoisotopic (exact) mass is 241 g/mol. The second-order valence-electron chi connectivity index (χ2n) is 4.26. The van der Waals surface area contributed by atoms with Crippen LogP contribution in [0.4, 0.5) is 0 Å². The van der Waals surface area contributed by atoms with Gasteiger partial charge in [0, 0.05) is 19.0 Å². The Morgan fingerprint density at radius 3 is 2.65 bits per heavy atom. The van der Waals surface area contributed by atoms with Crippen LogP contribution in [0.25, 0.3) is 0 Å². The van der Waals surface area contributed by atoms with Gasteiger partial charge in [0.25, 0.3) is 0 Å². The highest BCUT2D eigenvalue weighted by molar-refractivity contribution is 6.32. The molecule has 1 rings (SSSR count). The summed E-state index contributed by atoms with van der Waals surface area (Å²) >= 11 is 0. The number of carbonyl (C=O) groups is 3. The number of ether oxygens (including phenoxy) is 1. The molecule has 0 aromatic rings. The highest BCUT2D eigenvalue weighted by Crippen LogP contribution is 2.21. The van der Waals surface area contributed by atoms with E-state index in [-0.39, 0.29) is 18.4 Å². The maximum absolute atomic E-state index is 11.8. The summed E-state index contributed by atoms with van der Waals surface area (Å²) in [5, 5.41) is 0. The molecule has 0 spiro atoms. The normalized spacial score (nSPS) is 19.2. The number of hydrogen-bond donors (Lipinski definition) is 0. The Labute approximate surface area is 101 Å². The van der Waals surface area contributed by atoms with Crippen LogP contribution < -0.4 is 0 Å². The molecule has 1 saturated heterocycles. The lowest BCUT2D eigenvalue weighted by Gasteiger charge is -2.23. The summed E-state index contributed by atoms with van der Waals surface area (Å²) in [7, 11) is 0. The molecule has 0 bridgehead atoms. The van der Waals surface area contributed by atoms with Gasteiger partial charge in [-0.1, -0.05) is 0 Å². The Kier molecular flexibility index (Phi) is 5.12.